The topological polar surface area (TPSA) is 42.0 Å². The SMILES string of the molecule is CC(C)Sc1ccc(C(=O)Nc2nc3c(Cl)cccc3s2)cc1. The smallest absolute Gasteiger partial charge is 0.257 e. The number of rotatable bonds is 4. The van der Waals surface area contributed by atoms with Gasteiger partial charge in [0.1, 0.15) is 5.52 Å². The van der Waals surface area contributed by atoms with Crippen molar-refractivity contribution in [3.63, 3.8) is 0 Å². The highest BCUT2D eigenvalue weighted by Crippen LogP contribution is 2.31. The van der Waals surface area contributed by atoms with Gasteiger partial charge >= 0.3 is 0 Å². The lowest BCUT2D eigenvalue weighted by atomic mass is 10.2. The number of carbonyl (C=O) groups is 1. The molecule has 0 fully saturated rings. The van der Waals surface area contributed by atoms with Crippen LogP contribution in [-0.4, -0.2) is 16.1 Å². The fourth-order valence-corrected chi connectivity index (χ4v) is 4.09. The number of anilines is 1. The zero-order valence-electron chi connectivity index (χ0n) is 12.7. The van der Waals surface area contributed by atoms with E-state index in [1.165, 1.54) is 11.3 Å². The van der Waals surface area contributed by atoms with Crippen molar-refractivity contribution in [2.24, 2.45) is 0 Å². The molecule has 0 radical (unpaired) electrons. The molecular weight excluding hydrogens is 348 g/mol. The number of nitrogens with zero attached hydrogens (tertiary/aromatic N) is 1. The van der Waals surface area contributed by atoms with Crippen molar-refractivity contribution < 1.29 is 4.79 Å². The van der Waals surface area contributed by atoms with E-state index < -0.39 is 0 Å². The number of hydrogen-bond donors (Lipinski definition) is 1. The number of halogens is 1. The summed E-state index contributed by atoms with van der Waals surface area (Å²) in [7, 11) is 0. The zero-order chi connectivity index (χ0) is 16.4. The van der Waals surface area contributed by atoms with E-state index in [0.717, 1.165) is 15.1 Å². The van der Waals surface area contributed by atoms with Crippen LogP contribution in [0, 0.1) is 0 Å². The Bertz CT molecular complexity index is 843. The molecule has 0 bridgehead atoms. The maximum Gasteiger partial charge on any atom is 0.257 e. The van der Waals surface area contributed by atoms with Gasteiger partial charge < -0.3 is 0 Å². The molecular formula is C17H15ClN2OS2. The van der Waals surface area contributed by atoms with Crippen LogP contribution in [0.4, 0.5) is 5.13 Å². The third-order valence-corrected chi connectivity index (χ3v) is 5.34. The van der Waals surface area contributed by atoms with E-state index in [4.69, 9.17) is 11.6 Å². The first-order valence-electron chi connectivity index (χ1n) is 7.16. The Balaban J connectivity index is 1.76. The molecule has 0 unspecified atom stereocenters. The van der Waals surface area contributed by atoms with Crippen molar-refractivity contribution in [1.82, 2.24) is 4.98 Å². The number of fused-ring (bicyclic) bond motifs is 1. The van der Waals surface area contributed by atoms with Gasteiger partial charge in [-0.3, -0.25) is 10.1 Å². The number of carbonyl (C=O) groups excluding carboxylic acids is 1. The largest absolute Gasteiger partial charge is 0.298 e. The van der Waals surface area contributed by atoms with E-state index in [1.54, 1.807) is 17.8 Å². The molecule has 1 N–H and O–H groups in total. The molecule has 0 aliphatic heterocycles. The number of aromatic nitrogens is 1. The van der Waals surface area contributed by atoms with Crippen LogP contribution in [-0.2, 0) is 0 Å². The van der Waals surface area contributed by atoms with Gasteiger partial charge in [0.05, 0.1) is 9.72 Å². The van der Waals surface area contributed by atoms with Gasteiger partial charge in [-0.15, -0.1) is 11.8 Å². The van der Waals surface area contributed by atoms with E-state index in [0.29, 0.717) is 21.0 Å². The Morgan fingerprint density at radius 3 is 2.61 bits per heavy atom. The molecule has 1 aromatic heterocycles. The highest BCUT2D eigenvalue weighted by atomic mass is 35.5. The van der Waals surface area contributed by atoms with Gasteiger partial charge in [-0.25, -0.2) is 4.98 Å². The minimum absolute atomic E-state index is 0.165. The van der Waals surface area contributed by atoms with Crippen LogP contribution in [0.3, 0.4) is 0 Å². The van der Waals surface area contributed by atoms with Crippen molar-refractivity contribution in [3.8, 4) is 0 Å². The van der Waals surface area contributed by atoms with Gasteiger partial charge in [0.2, 0.25) is 0 Å². The Kier molecular flexibility index (Phi) is 4.90. The van der Waals surface area contributed by atoms with Crippen LogP contribution in [0.15, 0.2) is 47.4 Å². The monoisotopic (exact) mass is 362 g/mol. The average molecular weight is 363 g/mol. The number of benzene rings is 2. The van der Waals surface area contributed by atoms with Crippen molar-refractivity contribution in [2.45, 2.75) is 24.0 Å². The van der Waals surface area contributed by atoms with Crippen LogP contribution >= 0.6 is 34.7 Å². The summed E-state index contributed by atoms with van der Waals surface area (Å²) >= 11 is 9.30. The number of thioether (sulfide) groups is 1. The van der Waals surface area contributed by atoms with Crippen molar-refractivity contribution >= 4 is 56.0 Å². The predicted octanol–water partition coefficient (Wildman–Crippen LogP) is 5.70. The molecule has 3 rings (SSSR count). The van der Waals surface area contributed by atoms with E-state index in [9.17, 15) is 4.79 Å². The summed E-state index contributed by atoms with van der Waals surface area (Å²) in [6.45, 7) is 4.28. The third kappa shape index (κ3) is 3.86. The van der Waals surface area contributed by atoms with Gasteiger partial charge in [0, 0.05) is 15.7 Å². The Labute approximate surface area is 148 Å². The highest BCUT2D eigenvalue weighted by Gasteiger charge is 2.11. The maximum atomic E-state index is 12.3. The Morgan fingerprint density at radius 1 is 1.22 bits per heavy atom. The molecule has 1 heterocycles. The standard InChI is InChI=1S/C17H15ClN2OS2/c1-10(2)22-12-8-6-11(7-9-12)16(21)20-17-19-15-13(18)4-3-5-14(15)23-17/h3-10H,1-2H3,(H,19,20,21). The average Bonchev–Trinajstić information content (AvgIpc) is 2.91. The molecule has 0 aliphatic rings. The molecule has 23 heavy (non-hydrogen) atoms. The highest BCUT2D eigenvalue weighted by molar-refractivity contribution is 7.99. The van der Waals surface area contributed by atoms with E-state index in [2.05, 4.69) is 24.1 Å². The van der Waals surface area contributed by atoms with Crippen LogP contribution in [0.1, 0.15) is 24.2 Å². The number of para-hydroxylation sites is 1. The molecule has 0 saturated heterocycles. The summed E-state index contributed by atoms with van der Waals surface area (Å²) in [4.78, 5) is 17.9. The van der Waals surface area contributed by atoms with Crippen LogP contribution in [0.2, 0.25) is 5.02 Å². The second-order valence-electron chi connectivity index (χ2n) is 5.25. The van der Waals surface area contributed by atoms with Crippen LogP contribution < -0.4 is 5.32 Å². The maximum absolute atomic E-state index is 12.3. The molecule has 0 spiro atoms. The second kappa shape index (κ2) is 6.91. The van der Waals surface area contributed by atoms with Crippen molar-refractivity contribution in [2.75, 3.05) is 5.32 Å². The normalized spacial score (nSPS) is 11.1. The molecule has 118 valence electrons. The summed E-state index contributed by atoms with van der Waals surface area (Å²) in [5.74, 6) is -0.165. The van der Waals surface area contributed by atoms with Crippen LogP contribution in [0.5, 0.6) is 0 Å². The van der Waals surface area contributed by atoms with E-state index in [-0.39, 0.29) is 5.91 Å². The Hall–Kier alpha value is -1.56. The van der Waals surface area contributed by atoms with E-state index >= 15 is 0 Å². The van der Waals surface area contributed by atoms with Gasteiger partial charge in [-0.2, -0.15) is 0 Å². The molecule has 0 saturated carbocycles. The number of nitrogens with one attached hydrogen (secondary N) is 1. The first kappa shape index (κ1) is 16.3. The van der Waals surface area contributed by atoms with Gasteiger partial charge in [0.15, 0.2) is 5.13 Å². The summed E-state index contributed by atoms with van der Waals surface area (Å²) < 4.78 is 0.955. The number of thiazole rings is 1. The van der Waals surface area contributed by atoms with Crippen LogP contribution in [0.25, 0.3) is 10.2 Å². The summed E-state index contributed by atoms with van der Waals surface area (Å²) in [5.41, 5.74) is 1.33. The fourth-order valence-electron chi connectivity index (χ4n) is 2.09. The van der Waals surface area contributed by atoms with Crippen molar-refractivity contribution in [3.05, 3.63) is 53.1 Å². The lowest BCUT2D eigenvalue weighted by Crippen LogP contribution is -2.11. The van der Waals surface area contributed by atoms with E-state index in [1.807, 2.05) is 36.4 Å². The minimum atomic E-state index is -0.165. The number of hydrogen-bond acceptors (Lipinski definition) is 4. The predicted molar refractivity (Wildman–Crippen MR) is 100 cm³/mol. The summed E-state index contributed by atoms with van der Waals surface area (Å²) in [6, 6.07) is 13.2. The van der Waals surface area contributed by atoms with Gasteiger partial charge in [-0.1, -0.05) is 42.9 Å². The lowest BCUT2D eigenvalue weighted by Gasteiger charge is -2.06. The molecule has 6 heteroatoms. The summed E-state index contributed by atoms with van der Waals surface area (Å²) in [6.07, 6.45) is 0. The quantitative estimate of drug-likeness (QED) is 0.605. The fraction of sp³-hybridized carbons (Fsp3) is 0.176. The first-order valence-corrected chi connectivity index (χ1v) is 9.23. The third-order valence-electron chi connectivity index (χ3n) is 3.08. The first-order chi connectivity index (χ1) is 11.0. The molecule has 0 aliphatic carbocycles. The molecule has 2 aromatic carbocycles. The second-order valence-corrected chi connectivity index (χ2v) is 8.34. The number of amides is 1. The zero-order valence-corrected chi connectivity index (χ0v) is 15.1. The van der Waals surface area contributed by atoms with Gasteiger partial charge in [0.25, 0.3) is 5.91 Å². The minimum Gasteiger partial charge on any atom is -0.298 e. The Morgan fingerprint density at radius 2 is 1.96 bits per heavy atom. The van der Waals surface area contributed by atoms with Crippen molar-refractivity contribution in [1.29, 1.82) is 0 Å². The molecule has 0 atom stereocenters. The molecule has 3 nitrogen and oxygen atoms in total. The lowest BCUT2D eigenvalue weighted by molar-refractivity contribution is 0.102. The molecule has 3 aromatic rings. The molecule has 1 amide bonds. The summed E-state index contributed by atoms with van der Waals surface area (Å²) in [5, 5.41) is 4.50. The van der Waals surface area contributed by atoms with Gasteiger partial charge in [-0.05, 0) is 36.4 Å².